The molecule has 100 valence electrons. The average molecular weight is 269 g/mol. The third kappa shape index (κ3) is 2.20. The summed E-state index contributed by atoms with van der Waals surface area (Å²) in [6, 6.07) is 12.4. The molecule has 0 saturated carbocycles. The number of carbonyl (C=O) groups excluding carboxylic acids is 2. The van der Waals surface area contributed by atoms with E-state index in [9.17, 15) is 14.0 Å². The molecule has 0 bridgehead atoms. The first-order valence-corrected chi connectivity index (χ1v) is 6.34. The molecule has 0 radical (unpaired) electrons. The monoisotopic (exact) mass is 269 g/mol. The maximum atomic E-state index is 13.3. The minimum Gasteiger partial charge on any atom is -0.345 e. The molecule has 0 unspecified atom stereocenters. The van der Waals surface area contributed by atoms with Crippen LogP contribution >= 0.6 is 0 Å². The highest BCUT2D eigenvalue weighted by Gasteiger charge is 2.30. The van der Waals surface area contributed by atoms with E-state index in [4.69, 9.17) is 0 Å². The maximum absolute atomic E-state index is 13.3. The number of rotatable bonds is 3. The van der Waals surface area contributed by atoms with Crippen LogP contribution in [0.2, 0.25) is 0 Å². The smallest absolute Gasteiger partial charge is 0.252 e. The quantitative estimate of drug-likeness (QED) is 0.871. The summed E-state index contributed by atoms with van der Waals surface area (Å²) in [5.41, 5.74) is 1.59. The molecule has 0 aliphatic carbocycles. The number of amides is 1. The van der Waals surface area contributed by atoms with Crippen LogP contribution in [0.5, 0.6) is 0 Å². The minimum atomic E-state index is -0.457. The van der Waals surface area contributed by atoms with Gasteiger partial charge in [0.05, 0.1) is 6.04 Å². The predicted octanol–water partition coefficient (Wildman–Crippen LogP) is 2.88. The number of Topliss-reactive ketones (excluding diaryl/α,β-unsaturated/α-hetero) is 1. The van der Waals surface area contributed by atoms with Gasteiger partial charge < -0.3 is 5.32 Å². The number of fused-ring (bicyclic) bond motifs is 1. The Morgan fingerprint density at radius 2 is 1.90 bits per heavy atom. The van der Waals surface area contributed by atoms with Crippen LogP contribution in [-0.2, 0) is 0 Å². The molecule has 2 aromatic carbocycles. The number of halogens is 1. The molecule has 1 aliphatic rings. The molecular formula is C16H12FNO2. The lowest BCUT2D eigenvalue weighted by atomic mass is 9.98. The Bertz CT molecular complexity index is 682. The molecule has 20 heavy (non-hydrogen) atoms. The van der Waals surface area contributed by atoms with E-state index in [1.165, 1.54) is 18.2 Å². The zero-order valence-corrected chi connectivity index (χ0v) is 10.6. The second kappa shape index (κ2) is 4.89. The first-order chi connectivity index (χ1) is 9.65. The van der Waals surface area contributed by atoms with E-state index < -0.39 is 11.9 Å². The van der Waals surface area contributed by atoms with E-state index in [0.29, 0.717) is 16.7 Å². The molecular weight excluding hydrogens is 257 g/mol. The Morgan fingerprint density at radius 1 is 1.15 bits per heavy atom. The van der Waals surface area contributed by atoms with Gasteiger partial charge in [0.15, 0.2) is 5.78 Å². The number of carbonyl (C=O) groups is 2. The van der Waals surface area contributed by atoms with E-state index in [1.807, 2.05) is 6.07 Å². The third-order valence-electron chi connectivity index (χ3n) is 3.42. The van der Waals surface area contributed by atoms with Crippen LogP contribution in [0.15, 0.2) is 48.5 Å². The molecule has 1 amide bonds. The van der Waals surface area contributed by atoms with Crippen LogP contribution < -0.4 is 5.32 Å². The zero-order valence-electron chi connectivity index (χ0n) is 10.6. The van der Waals surface area contributed by atoms with Gasteiger partial charge in [-0.25, -0.2) is 4.39 Å². The Balaban J connectivity index is 1.86. The van der Waals surface area contributed by atoms with Crippen molar-refractivity contribution in [1.82, 2.24) is 5.32 Å². The van der Waals surface area contributed by atoms with Gasteiger partial charge in [-0.15, -0.1) is 0 Å². The first kappa shape index (κ1) is 12.5. The summed E-state index contributed by atoms with van der Waals surface area (Å²) < 4.78 is 13.3. The van der Waals surface area contributed by atoms with E-state index in [0.717, 1.165) is 0 Å². The van der Waals surface area contributed by atoms with Crippen molar-refractivity contribution >= 4 is 11.7 Å². The summed E-state index contributed by atoms with van der Waals surface area (Å²) in [6.45, 7) is 0. The van der Waals surface area contributed by atoms with Crippen LogP contribution in [0.1, 0.15) is 38.7 Å². The Labute approximate surface area is 115 Å². The van der Waals surface area contributed by atoms with Crippen LogP contribution in [-0.4, -0.2) is 11.7 Å². The highest BCUT2D eigenvalue weighted by atomic mass is 19.1. The Kier molecular flexibility index (Phi) is 3.06. The largest absolute Gasteiger partial charge is 0.345 e. The number of hydrogen-bond acceptors (Lipinski definition) is 2. The first-order valence-electron chi connectivity index (χ1n) is 6.34. The highest BCUT2D eigenvalue weighted by molar-refractivity contribution is 6.01. The van der Waals surface area contributed by atoms with Gasteiger partial charge in [-0.2, -0.15) is 0 Å². The van der Waals surface area contributed by atoms with Gasteiger partial charge in [0.2, 0.25) is 0 Å². The Hall–Kier alpha value is -2.49. The standard InChI is InChI=1S/C16H12FNO2/c17-11-6-7-12-13(8-11)14(18-16(12)20)9-15(19)10-4-2-1-3-5-10/h1-8,14H,9H2,(H,18,20)/t14-/m0/s1. The lowest BCUT2D eigenvalue weighted by Gasteiger charge is -2.10. The van der Waals surface area contributed by atoms with Gasteiger partial charge in [0, 0.05) is 17.5 Å². The fourth-order valence-corrected chi connectivity index (χ4v) is 2.43. The van der Waals surface area contributed by atoms with Crippen molar-refractivity contribution in [2.75, 3.05) is 0 Å². The molecule has 1 aliphatic heterocycles. The van der Waals surface area contributed by atoms with E-state index in [2.05, 4.69) is 5.32 Å². The van der Waals surface area contributed by atoms with Crippen molar-refractivity contribution in [3.63, 3.8) is 0 Å². The molecule has 1 heterocycles. The van der Waals surface area contributed by atoms with Gasteiger partial charge in [-0.05, 0) is 23.8 Å². The van der Waals surface area contributed by atoms with Gasteiger partial charge in [-0.1, -0.05) is 30.3 Å². The lowest BCUT2D eigenvalue weighted by molar-refractivity contribution is 0.0933. The van der Waals surface area contributed by atoms with Gasteiger partial charge in [0.1, 0.15) is 5.82 Å². The van der Waals surface area contributed by atoms with Crippen LogP contribution in [0.4, 0.5) is 4.39 Å². The fraction of sp³-hybridized carbons (Fsp3) is 0.125. The van der Waals surface area contributed by atoms with Crippen molar-refractivity contribution in [2.24, 2.45) is 0 Å². The van der Waals surface area contributed by atoms with Gasteiger partial charge in [-0.3, -0.25) is 9.59 Å². The fourth-order valence-electron chi connectivity index (χ4n) is 2.43. The summed E-state index contributed by atoms with van der Waals surface area (Å²) in [7, 11) is 0. The molecule has 0 fully saturated rings. The van der Waals surface area contributed by atoms with Crippen LogP contribution in [0.25, 0.3) is 0 Å². The van der Waals surface area contributed by atoms with Crippen molar-refractivity contribution < 1.29 is 14.0 Å². The van der Waals surface area contributed by atoms with E-state index in [1.54, 1.807) is 24.3 Å². The van der Waals surface area contributed by atoms with Crippen molar-refractivity contribution in [1.29, 1.82) is 0 Å². The van der Waals surface area contributed by atoms with Crippen LogP contribution in [0, 0.1) is 5.82 Å². The predicted molar refractivity (Wildman–Crippen MR) is 72.0 cm³/mol. The average Bonchev–Trinajstić information content (AvgIpc) is 2.76. The topological polar surface area (TPSA) is 46.2 Å². The molecule has 0 spiro atoms. The number of benzene rings is 2. The second-order valence-electron chi connectivity index (χ2n) is 4.75. The summed E-state index contributed by atoms with van der Waals surface area (Å²) in [4.78, 5) is 23.9. The number of nitrogens with one attached hydrogen (secondary N) is 1. The SMILES string of the molecule is O=C(C[C@@H]1NC(=O)c2ccc(F)cc21)c1ccccc1. The lowest BCUT2D eigenvalue weighted by Crippen LogP contribution is -2.21. The molecule has 1 N–H and O–H groups in total. The maximum Gasteiger partial charge on any atom is 0.252 e. The minimum absolute atomic E-state index is 0.0759. The Morgan fingerprint density at radius 3 is 2.65 bits per heavy atom. The molecule has 2 aromatic rings. The summed E-state index contributed by atoms with van der Waals surface area (Å²) in [5, 5.41) is 2.72. The summed E-state index contributed by atoms with van der Waals surface area (Å²) >= 11 is 0. The normalized spacial score (nSPS) is 16.6. The molecule has 4 heteroatoms. The summed E-state index contributed by atoms with van der Waals surface area (Å²) in [5.74, 6) is -0.740. The molecule has 3 nitrogen and oxygen atoms in total. The molecule has 0 aromatic heterocycles. The van der Waals surface area contributed by atoms with E-state index >= 15 is 0 Å². The van der Waals surface area contributed by atoms with Crippen LogP contribution in [0.3, 0.4) is 0 Å². The highest BCUT2D eigenvalue weighted by Crippen LogP contribution is 2.29. The van der Waals surface area contributed by atoms with Gasteiger partial charge >= 0.3 is 0 Å². The second-order valence-corrected chi connectivity index (χ2v) is 4.75. The van der Waals surface area contributed by atoms with Crippen molar-refractivity contribution in [2.45, 2.75) is 12.5 Å². The number of ketones is 1. The molecule has 1 atom stereocenters. The van der Waals surface area contributed by atoms with E-state index in [-0.39, 0.29) is 18.1 Å². The number of hydrogen-bond donors (Lipinski definition) is 1. The van der Waals surface area contributed by atoms with Crippen molar-refractivity contribution in [3.05, 3.63) is 71.0 Å². The zero-order chi connectivity index (χ0) is 14.1. The summed E-state index contributed by atoms with van der Waals surface area (Å²) in [6.07, 6.45) is 0.131. The third-order valence-corrected chi connectivity index (χ3v) is 3.42. The molecule has 3 rings (SSSR count). The van der Waals surface area contributed by atoms with Crippen molar-refractivity contribution in [3.8, 4) is 0 Å². The molecule has 0 saturated heterocycles. The van der Waals surface area contributed by atoms with Gasteiger partial charge in [0.25, 0.3) is 5.91 Å².